The van der Waals surface area contributed by atoms with Crippen LogP contribution in [0.3, 0.4) is 0 Å². The predicted octanol–water partition coefficient (Wildman–Crippen LogP) is 0.964. The van der Waals surface area contributed by atoms with Gasteiger partial charge < -0.3 is 10.2 Å². The van der Waals surface area contributed by atoms with E-state index in [2.05, 4.69) is 0 Å². The van der Waals surface area contributed by atoms with Crippen LogP contribution in [-0.4, -0.2) is 32.8 Å². The fourth-order valence-electron chi connectivity index (χ4n) is 0.566. The molecular formula is C7H14O3S. The minimum absolute atomic E-state index is 0.00468. The second-order valence-electron chi connectivity index (χ2n) is 3.02. The van der Waals surface area contributed by atoms with Gasteiger partial charge in [0, 0.05) is 4.75 Å². The molecule has 0 radical (unpaired) electrons. The van der Waals surface area contributed by atoms with Gasteiger partial charge in [-0.2, -0.15) is 0 Å². The van der Waals surface area contributed by atoms with Crippen molar-refractivity contribution in [3.05, 3.63) is 0 Å². The van der Waals surface area contributed by atoms with Gasteiger partial charge in [0.05, 0.1) is 6.61 Å². The Morgan fingerprint density at radius 3 is 2.36 bits per heavy atom. The Hall–Kier alpha value is -0.220. The molecule has 11 heavy (non-hydrogen) atoms. The van der Waals surface area contributed by atoms with E-state index in [4.69, 9.17) is 10.2 Å². The Morgan fingerprint density at radius 1 is 1.64 bits per heavy atom. The van der Waals surface area contributed by atoms with Gasteiger partial charge in [-0.3, -0.25) is 4.79 Å². The van der Waals surface area contributed by atoms with Gasteiger partial charge >= 0.3 is 5.97 Å². The van der Waals surface area contributed by atoms with E-state index in [1.54, 1.807) is 6.92 Å². The number of thioether (sulfide) groups is 1. The van der Waals surface area contributed by atoms with Crippen LogP contribution in [0.25, 0.3) is 0 Å². The van der Waals surface area contributed by atoms with Crippen LogP contribution in [-0.2, 0) is 4.79 Å². The molecule has 0 aliphatic carbocycles. The maximum absolute atomic E-state index is 10.4. The summed E-state index contributed by atoms with van der Waals surface area (Å²) in [7, 11) is 0. The highest BCUT2D eigenvalue weighted by Crippen LogP contribution is 2.27. The molecule has 0 aromatic rings. The minimum Gasteiger partial charge on any atom is -0.480 e. The van der Waals surface area contributed by atoms with Crippen LogP contribution in [0, 0.1) is 0 Å². The lowest BCUT2D eigenvalue weighted by Crippen LogP contribution is -2.26. The summed E-state index contributed by atoms with van der Waals surface area (Å²) in [5.74, 6) is -0.837. The van der Waals surface area contributed by atoms with Gasteiger partial charge in [-0.15, -0.1) is 11.8 Å². The SMILES string of the molecule is CC(SC(C)(C)CO)C(=O)O. The van der Waals surface area contributed by atoms with E-state index in [-0.39, 0.29) is 11.4 Å². The first-order chi connectivity index (χ1) is 4.89. The molecule has 0 spiro atoms. The number of hydrogen-bond acceptors (Lipinski definition) is 3. The summed E-state index contributed by atoms with van der Waals surface area (Å²) >= 11 is 1.26. The minimum atomic E-state index is -0.837. The molecule has 0 saturated carbocycles. The molecule has 1 atom stereocenters. The maximum atomic E-state index is 10.4. The lowest BCUT2D eigenvalue weighted by atomic mass is 10.2. The molecule has 0 bridgehead atoms. The normalized spacial score (nSPS) is 14.5. The van der Waals surface area contributed by atoms with E-state index in [0.717, 1.165) is 0 Å². The smallest absolute Gasteiger partial charge is 0.316 e. The summed E-state index contributed by atoms with van der Waals surface area (Å²) in [6.07, 6.45) is 0. The summed E-state index contributed by atoms with van der Waals surface area (Å²) in [6, 6.07) is 0. The third-order valence-corrected chi connectivity index (χ3v) is 2.55. The fraction of sp³-hybridized carbons (Fsp3) is 0.857. The van der Waals surface area contributed by atoms with Gasteiger partial charge in [0.15, 0.2) is 0 Å². The van der Waals surface area contributed by atoms with Crippen LogP contribution in [0.15, 0.2) is 0 Å². The Kier molecular flexibility index (Phi) is 3.89. The maximum Gasteiger partial charge on any atom is 0.316 e. The van der Waals surface area contributed by atoms with Crippen LogP contribution in [0.4, 0.5) is 0 Å². The largest absolute Gasteiger partial charge is 0.480 e. The molecule has 1 unspecified atom stereocenters. The van der Waals surface area contributed by atoms with Crippen molar-refractivity contribution in [2.45, 2.75) is 30.8 Å². The second kappa shape index (κ2) is 3.97. The van der Waals surface area contributed by atoms with Crippen LogP contribution < -0.4 is 0 Å². The molecule has 0 rings (SSSR count). The number of carboxylic acids is 1. The molecule has 4 heteroatoms. The zero-order valence-corrected chi connectivity index (χ0v) is 7.81. The van der Waals surface area contributed by atoms with Crippen LogP contribution >= 0.6 is 11.8 Å². The third kappa shape index (κ3) is 4.27. The number of hydrogen-bond donors (Lipinski definition) is 2. The summed E-state index contributed by atoms with van der Waals surface area (Å²) < 4.78 is -0.363. The van der Waals surface area contributed by atoms with Crippen molar-refractivity contribution in [3.63, 3.8) is 0 Å². The number of aliphatic hydroxyl groups excluding tert-OH is 1. The fourth-order valence-corrected chi connectivity index (χ4v) is 1.70. The van der Waals surface area contributed by atoms with E-state index in [9.17, 15) is 4.79 Å². The van der Waals surface area contributed by atoms with Crippen molar-refractivity contribution in [2.75, 3.05) is 6.61 Å². The summed E-state index contributed by atoms with van der Waals surface area (Å²) in [5, 5.41) is 16.9. The first-order valence-electron chi connectivity index (χ1n) is 3.40. The zero-order valence-electron chi connectivity index (χ0n) is 7.00. The van der Waals surface area contributed by atoms with Crippen molar-refractivity contribution in [1.82, 2.24) is 0 Å². The van der Waals surface area contributed by atoms with Crippen LogP contribution in [0.2, 0.25) is 0 Å². The standard InChI is InChI=1S/C7H14O3S/c1-5(6(9)10)11-7(2,3)4-8/h5,8H,4H2,1-3H3,(H,9,10). The molecule has 0 fully saturated rings. The molecule has 66 valence electrons. The van der Waals surface area contributed by atoms with Gasteiger partial charge in [-0.25, -0.2) is 0 Å². The van der Waals surface area contributed by atoms with Crippen LogP contribution in [0.1, 0.15) is 20.8 Å². The van der Waals surface area contributed by atoms with Gasteiger partial charge in [0.25, 0.3) is 0 Å². The molecule has 2 N–H and O–H groups in total. The van der Waals surface area contributed by atoms with E-state index < -0.39 is 11.2 Å². The first-order valence-corrected chi connectivity index (χ1v) is 4.28. The lowest BCUT2D eigenvalue weighted by molar-refractivity contribution is -0.136. The first kappa shape index (κ1) is 10.8. The van der Waals surface area contributed by atoms with Gasteiger partial charge in [-0.05, 0) is 20.8 Å². The number of carboxylic acid groups (broad SMARTS) is 1. The predicted molar refractivity (Wildman–Crippen MR) is 45.9 cm³/mol. The highest BCUT2D eigenvalue weighted by molar-refractivity contribution is 8.01. The quantitative estimate of drug-likeness (QED) is 0.673. The number of aliphatic carboxylic acids is 1. The highest BCUT2D eigenvalue weighted by atomic mass is 32.2. The Balaban J connectivity index is 3.93. The van der Waals surface area contributed by atoms with E-state index in [1.807, 2.05) is 13.8 Å². The third-order valence-electron chi connectivity index (χ3n) is 1.22. The average Bonchev–Trinajstić information content (AvgIpc) is 1.87. The zero-order chi connectivity index (χ0) is 9.07. The van der Waals surface area contributed by atoms with E-state index in [0.29, 0.717) is 0 Å². The average molecular weight is 178 g/mol. The number of rotatable bonds is 4. The molecule has 0 aliphatic rings. The molecule has 0 aromatic heterocycles. The van der Waals surface area contributed by atoms with Crippen molar-refractivity contribution in [3.8, 4) is 0 Å². The van der Waals surface area contributed by atoms with Crippen molar-refractivity contribution in [2.24, 2.45) is 0 Å². The Bertz CT molecular complexity index is 145. The van der Waals surface area contributed by atoms with Gasteiger partial charge in [-0.1, -0.05) is 0 Å². The molecular weight excluding hydrogens is 164 g/mol. The topological polar surface area (TPSA) is 57.5 Å². The second-order valence-corrected chi connectivity index (χ2v) is 5.06. The summed E-state index contributed by atoms with van der Waals surface area (Å²) in [6.45, 7) is 5.24. The van der Waals surface area contributed by atoms with Crippen LogP contribution in [0.5, 0.6) is 0 Å². The van der Waals surface area contributed by atoms with E-state index >= 15 is 0 Å². The van der Waals surface area contributed by atoms with Gasteiger partial charge in [0.2, 0.25) is 0 Å². The molecule has 0 amide bonds. The molecule has 3 nitrogen and oxygen atoms in total. The molecule has 0 aliphatic heterocycles. The van der Waals surface area contributed by atoms with E-state index in [1.165, 1.54) is 11.8 Å². The monoisotopic (exact) mass is 178 g/mol. The molecule has 0 saturated heterocycles. The van der Waals surface area contributed by atoms with Crippen molar-refractivity contribution < 1.29 is 15.0 Å². The lowest BCUT2D eigenvalue weighted by Gasteiger charge is -2.22. The molecule has 0 aromatic carbocycles. The molecule has 0 heterocycles. The summed E-state index contributed by atoms with van der Waals surface area (Å²) in [5.41, 5.74) is 0. The Labute approximate surface area is 70.8 Å². The van der Waals surface area contributed by atoms with Crippen molar-refractivity contribution in [1.29, 1.82) is 0 Å². The summed E-state index contributed by atoms with van der Waals surface area (Å²) in [4.78, 5) is 10.4. The highest BCUT2D eigenvalue weighted by Gasteiger charge is 2.24. The number of carbonyl (C=O) groups is 1. The number of aliphatic hydroxyl groups is 1. The Morgan fingerprint density at radius 2 is 2.09 bits per heavy atom. The van der Waals surface area contributed by atoms with Crippen molar-refractivity contribution >= 4 is 17.7 Å². The van der Waals surface area contributed by atoms with Gasteiger partial charge in [0.1, 0.15) is 5.25 Å².